The minimum absolute atomic E-state index is 0.0273. The van der Waals surface area contributed by atoms with Crippen LogP contribution >= 0.6 is 0 Å². The van der Waals surface area contributed by atoms with Crippen molar-refractivity contribution in [3.8, 4) is 5.75 Å². The molecule has 0 saturated carbocycles. The number of hydrogen-bond acceptors (Lipinski definition) is 5. The molecular formula is C31H39N3O5S. The predicted molar refractivity (Wildman–Crippen MR) is 158 cm³/mol. The summed E-state index contributed by atoms with van der Waals surface area (Å²) in [5, 5.41) is 2.94. The molecule has 1 N–H and O–H groups in total. The van der Waals surface area contributed by atoms with Crippen LogP contribution in [-0.4, -0.2) is 51.4 Å². The molecule has 0 aliphatic carbocycles. The summed E-state index contributed by atoms with van der Waals surface area (Å²) < 4.78 is 34.0. The van der Waals surface area contributed by atoms with Crippen molar-refractivity contribution in [2.75, 3.05) is 24.5 Å². The Bertz CT molecular complexity index is 1360. The zero-order chi connectivity index (χ0) is 29.1. The summed E-state index contributed by atoms with van der Waals surface area (Å²) in [4.78, 5) is 28.8. The van der Waals surface area contributed by atoms with E-state index in [1.54, 1.807) is 42.5 Å². The molecule has 3 rings (SSSR count). The van der Waals surface area contributed by atoms with Crippen molar-refractivity contribution in [1.82, 2.24) is 10.2 Å². The van der Waals surface area contributed by atoms with E-state index in [1.165, 1.54) is 24.1 Å². The van der Waals surface area contributed by atoms with Crippen molar-refractivity contribution in [1.29, 1.82) is 0 Å². The minimum Gasteiger partial charge on any atom is -0.497 e. The van der Waals surface area contributed by atoms with Gasteiger partial charge in [0, 0.05) is 13.1 Å². The van der Waals surface area contributed by atoms with Gasteiger partial charge in [-0.2, -0.15) is 0 Å². The standard InChI is InChI=1S/C31H39N3O5S/c1-5-7-20-32-31(36)29(6-2)33(22-25-13-11-12-24(3)21-25)30(35)23-34(26-14-9-8-10-15-26)40(37,38)28-18-16-27(39-4)17-19-28/h8-19,21,29H,5-7,20,22-23H2,1-4H3,(H,32,36)/t29-/m0/s1. The van der Waals surface area contributed by atoms with E-state index >= 15 is 0 Å². The average molecular weight is 566 g/mol. The fourth-order valence-electron chi connectivity index (χ4n) is 4.43. The number of para-hydroxylation sites is 1. The van der Waals surface area contributed by atoms with E-state index < -0.39 is 28.5 Å². The lowest BCUT2D eigenvalue weighted by Gasteiger charge is -2.33. The zero-order valence-corrected chi connectivity index (χ0v) is 24.5. The van der Waals surface area contributed by atoms with Crippen LogP contribution in [0.4, 0.5) is 5.69 Å². The van der Waals surface area contributed by atoms with Gasteiger partial charge in [0.25, 0.3) is 10.0 Å². The van der Waals surface area contributed by atoms with E-state index in [0.717, 1.165) is 28.3 Å². The third-order valence-corrected chi connectivity index (χ3v) is 8.41. The normalized spacial score (nSPS) is 11.9. The highest BCUT2D eigenvalue weighted by Gasteiger charge is 2.33. The summed E-state index contributed by atoms with van der Waals surface area (Å²) in [5.41, 5.74) is 2.23. The largest absolute Gasteiger partial charge is 0.497 e. The second kappa shape index (κ2) is 14.5. The number of aryl methyl sites for hydroxylation is 1. The number of unbranched alkanes of at least 4 members (excludes halogenated alkanes) is 1. The molecule has 3 aromatic carbocycles. The molecule has 0 unspecified atom stereocenters. The Labute approximate surface area is 238 Å². The molecule has 3 aromatic rings. The molecule has 2 amide bonds. The van der Waals surface area contributed by atoms with Crippen LogP contribution in [0.5, 0.6) is 5.75 Å². The van der Waals surface area contributed by atoms with Crippen LogP contribution in [0, 0.1) is 6.92 Å². The van der Waals surface area contributed by atoms with Gasteiger partial charge < -0.3 is 15.0 Å². The number of rotatable bonds is 14. The lowest BCUT2D eigenvalue weighted by Crippen LogP contribution is -2.52. The summed E-state index contributed by atoms with van der Waals surface area (Å²) >= 11 is 0. The topological polar surface area (TPSA) is 96.0 Å². The number of nitrogens with zero attached hydrogens (tertiary/aromatic N) is 2. The number of ether oxygens (including phenoxy) is 1. The van der Waals surface area contributed by atoms with Gasteiger partial charge in [-0.05, 0) is 61.7 Å². The quantitative estimate of drug-likeness (QED) is 0.280. The molecule has 0 aromatic heterocycles. The van der Waals surface area contributed by atoms with Crippen LogP contribution < -0.4 is 14.4 Å². The highest BCUT2D eigenvalue weighted by Crippen LogP contribution is 2.26. The third kappa shape index (κ3) is 7.85. The number of benzene rings is 3. The number of sulfonamides is 1. The maximum Gasteiger partial charge on any atom is 0.264 e. The number of anilines is 1. The minimum atomic E-state index is -4.13. The van der Waals surface area contributed by atoms with Gasteiger partial charge in [-0.15, -0.1) is 0 Å². The Morgan fingerprint density at radius 3 is 2.25 bits per heavy atom. The van der Waals surface area contributed by atoms with Crippen LogP contribution in [0.1, 0.15) is 44.2 Å². The van der Waals surface area contributed by atoms with Gasteiger partial charge in [-0.3, -0.25) is 13.9 Å². The first kappa shape index (κ1) is 30.7. The Balaban J connectivity index is 2.01. The molecule has 0 bridgehead atoms. The lowest BCUT2D eigenvalue weighted by atomic mass is 10.1. The Kier molecular flexibility index (Phi) is 11.1. The summed E-state index contributed by atoms with van der Waals surface area (Å²) in [6.07, 6.45) is 2.14. The molecule has 0 spiro atoms. The van der Waals surface area contributed by atoms with E-state index in [0.29, 0.717) is 24.4 Å². The molecule has 8 nitrogen and oxygen atoms in total. The second-order valence-electron chi connectivity index (χ2n) is 9.60. The van der Waals surface area contributed by atoms with Gasteiger partial charge in [-0.25, -0.2) is 8.42 Å². The van der Waals surface area contributed by atoms with Gasteiger partial charge >= 0.3 is 0 Å². The molecule has 40 heavy (non-hydrogen) atoms. The van der Waals surface area contributed by atoms with Crippen molar-refractivity contribution >= 4 is 27.5 Å². The third-order valence-electron chi connectivity index (χ3n) is 6.62. The first-order valence-corrected chi connectivity index (χ1v) is 15.0. The van der Waals surface area contributed by atoms with Crippen molar-refractivity contribution in [2.45, 2.75) is 57.5 Å². The van der Waals surface area contributed by atoms with Crippen LogP contribution in [0.2, 0.25) is 0 Å². The summed E-state index contributed by atoms with van der Waals surface area (Å²) in [6, 6.07) is 21.5. The van der Waals surface area contributed by atoms with Gasteiger partial charge in [0.15, 0.2) is 0 Å². The number of carbonyl (C=O) groups is 2. The summed E-state index contributed by atoms with van der Waals surface area (Å²) in [7, 11) is -2.62. The van der Waals surface area contributed by atoms with Gasteiger partial charge in [0.2, 0.25) is 11.8 Å². The Morgan fingerprint density at radius 2 is 1.65 bits per heavy atom. The maximum atomic E-state index is 14.0. The van der Waals surface area contributed by atoms with E-state index in [9.17, 15) is 18.0 Å². The molecule has 0 radical (unpaired) electrons. The average Bonchev–Trinajstić information content (AvgIpc) is 2.96. The number of nitrogens with one attached hydrogen (secondary N) is 1. The van der Waals surface area contributed by atoms with Gasteiger partial charge in [-0.1, -0.05) is 68.3 Å². The van der Waals surface area contributed by atoms with Crippen molar-refractivity contribution in [3.05, 3.63) is 90.0 Å². The molecule has 0 saturated heterocycles. The molecular weight excluding hydrogens is 526 g/mol. The number of amides is 2. The van der Waals surface area contributed by atoms with E-state index in [2.05, 4.69) is 5.32 Å². The highest BCUT2D eigenvalue weighted by molar-refractivity contribution is 7.92. The molecule has 1 atom stereocenters. The van der Waals surface area contributed by atoms with Crippen molar-refractivity contribution < 1.29 is 22.7 Å². The molecule has 9 heteroatoms. The highest BCUT2D eigenvalue weighted by atomic mass is 32.2. The summed E-state index contributed by atoms with van der Waals surface area (Å²) in [6.45, 7) is 6.07. The second-order valence-corrected chi connectivity index (χ2v) is 11.5. The molecule has 0 aliphatic heterocycles. The van der Waals surface area contributed by atoms with Crippen LogP contribution in [-0.2, 0) is 26.2 Å². The van der Waals surface area contributed by atoms with Crippen molar-refractivity contribution in [2.24, 2.45) is 0 Å². The molecule has 0 fully saturated rings. The number of hydrogen-bond donors (Lipinski definition) is 1. The molecule has 0 aliphatic rings. The summed E-state index contributed by atoms with van der Waals surface area (Å²) in [5.74, 6) is -0.202. The van der Waals surface area contributed by atoms with Gasteiger partial charge in [0.1, 0.15) is 18.3 Å². The fraction of sp³-hybridized carbons (Fsp3) is 0.355. The zero-order valence-electron chi connectivity index (χ0n) is 23.7. The SMILES string of the molecule is CCCCNC(=O)[C@H](CC)N(Cc1cccc(C)c1)C(=O)CN(c1ccccc1)S(=O)(=O)c1ccc(OC)cc1. The Morgan fingerprint density at radius 1 is 0.950 bits per heavy atom. The first-order valence-electron chi connectivity index (χ1n) is 13.6. The lowest BCUT2D eigenvalue weighted by molar-refractivity contribution is -0.140. The van der Waals surface area contributed by atoms with Crippen LogP contribution in [0.15, 0.2) is 83.8 Å². The van der Waals surface area contributed by atoms with E-state index in [4.69, 9.17) is 4.74 Å². The Hall–Kier alpha value is -3.85. The smallest absolute Gasteiger partial charge is 0.264 e. The van der Waals surface area contributed by atoms with E-state index in [1.807, 2.05) is 45.0 Å². The first-order chi connectivity index (χ1) is 19.2. The van der Waals surface area contributed by atoms with Crippen molar-refractivity contribution in [3.63, 3.8) is 0 Å². The van der Waals surface area contributed by atoms with E-state index in [-0.39, 0.29) is 17.3 Å². The van der Waals surface area contributed by atoms with Crippen LogP contribution in [0.25, 0.3) is 0 Å². The van der Waals surface area contributed by atoms with Crippen LogP contribution in [0.3, 0.4) is 0 Å². The maximum absolute atomic E-state index is 14.0. The van der Waals surface area contributed by atoms with Gasteiger partial charge in [0.05, 0.1) is 17.7 Å². The monoisotopic (exact) mass is 565 g/mol. The molecule has 214 valence electrons. The fourth-order valence-corrected chi connectivity index (χ4v) is 5.84. The molecule has 0 heterocycles. The predicted octanol–water partition coefficient (Wildman–Crippen LogP) is 4.92. The number of carbonyl (C=O) groups excluding carboxylic acids is 2. The number of methoxy groups -OCH3 is 1.